The summed E-state index contributed by atoms with van der Waals surface area (Å²) in [7, 11) is 0. The van der Waals surface area contributed by atoms with E-state index in [-0.39, 0.29) is 29.6 Å². The lowest BCUT2D eigenvalue weighted by Gasteiger charge is -2.22. The summed E-state index contributed by atoms with van der Waals surface area (Å²) < 4.78 is 0. The number of pyridine rings is 1. The average Bonchev–Trinajstić information content (AvgIpc) is 3.20. The second-order valence-corrected chi connectivity index (χ2v) is 8.72. The predicted octanol–water partition coefficient (Wildman–Crippen LogP) is 4.35. The molecule has 2 amide bonds. The molecule has 2 saturated carbocycles. The van der Waals surface area contributed by atoms with Crippen molar-refractivity contribution in [2.75, 3.05) is 0 Å². The van der Waals surface area contributed by atoms with Crippen LogP contribution in [0.2, 0.25) is 10.0 Å². The van der Waals surface area contributed by atoms with Crippen molar-refractivity contribution in [2.24, 2.45) is 17.8 Å². The molecule has 1 heterocycles. The van der Waals surface area contributed by atoms with Crippen molar-refractivity contribution in [3.63, 3.8) is 0 Å². The van der Waals surface area contributed by atoms with Crippen LogP contribution < -0.4 is 10.6 Å². The molecule has 5 nitrogen and oxygen atoms in total. The van der Waals surface area contributed by atoms with Crippen molar-refractivity contribution in [1.82, 2.24) is 15.6 Å². The molecule has 1 aromatic heterocycles. The second-order valence-electron chi connectivity index (χ2n) is 7.88. The van der Waals surface area contributed by atoms with Crippen molar-refractivity contribution < 1.29 is 9.59 Å². The minimum Gasteiger partial charge on any atom is -0.349 e. The van der Waals surface area contributed by atoms with Gasteiger partial charge in [-0.25, -0.2) is 4.98 Å². The van der Waals surface area contributed by atoms with E-state index < -0.39 is 0 Å². The molecule has 1 unspecified atom stereocenters. The van der Waals surface area contributed by atoms with Gasteiger partial charge in [0, 0.05) is 28.9 Å². The van der Waals surface area contributed by atoms with Crippen molar-refractivity contribution in [3.8, 4) is 0 Å². The van der Waals surface area contributed by atoms with Crippen molar-refractivity contribution in [2.45, 2.75) is 38.3 Å². The fraction of sp³-hybridized carbons (Fsp3) is 0.409. The van der Waals surface area contributed by atoms with Crippen LogP contribution in [0, 0.1) is 17.8 Å². The van der Waals surface area contributed by atoms with Crippen LogP contribution in [0.3, 0.4) is 0 Å². The SMILES string of the molecule is CCC(NC(=O)c1ccc(Cl)cc1)[C@H]1[C@@H]2C[C@@H](NC(=O)c3ncccc3Cl)C[C@@H]21. The van der Waals surface area contributed by atoms with Crippen molar-refractivity contribution >= 4 is 35.0 Å². The first-order chi connectivity index (χ1) is 14.0. The Bertz CT molecular complexity index is 907. The molecule has 2 N–H and O–H groups in total. The molecule has 2 aromatic rings. The number of benzene rings is 1. The van der Waals surface area contributed by atoms with E-state index in [4.69, 9.17) is 23.2 Å². The minimum atomic E-state index is -0.221. The van der Waals surface area contributed by atoms with Gasteiger partial charge in [-0.15, -0.1) is 0 Å². The third-order valence-corrected chi connectivity index (χ3v) is 6.70. The number of nitrogens with zero attached hydrogens (tertiary/aromatic N) is 1. The molecule has 0 aliphatic heterocycles. The predicted molar refractivity (Wildman–Crippen MR) is 113 cm³/mol. The number of nitrogens with one attached hydrogen (secondary N) is 2. The first kappa shape index (κ1) is 20.2. The number of hydrogen-bond donors (Lipinski definition) is 2. The number of amides is 2. The summed E-state index contributed by atoms with van der Waals surface area (Å²) in [5.74, 6) is 1.27. The molecule has 2 fully saturated rings. The summed E-state index contributed by atoms with van der Waals surface area (Å²) in [6, 6.07) is 10.6. The standard InChI is InChI=1S/C22H23Cl2N3O2/c1-2-18(27-21(28)12-5-7-13(23)8-6-12)19-15-10-14(11-16(15)19)26-22(29)20-17(24)4-3-9-25-20/h3-9,14-16,18-19H,2,10-11H2,1H3,(H,26,29)(H,27,28)/t14-,15-,16+,18?,19+. The monoisotopic (exact) mass is 431 g/mol. The Morgan fingerprint density at radius 1 is 1.10 bits per heavy atom. The van der Waals surface area contributed by atoms with E-state index in [9.17, 15) is 9.59 Å². The number of carbonyl (C=O) groups is 2. The van der Waals surface area contributed by atoms with E-state index in [1.54, 1.807) is 42.6 Å². The van der Waals surface area contributed by atoms with Gasteiger partial charge >= 0.3 is 0 Å². The lowest BCUT2D eigenvalue weighted by Crippen LogP contribution is -2.39. The van der Waals surface area contributed by atoms with Crippen LogP contribution in [-0.4, -0.2) is 28.9 Å². The van der Waals surface area contributed by atoms with E-state index in [2.05, 4.69) is 22.5 Å². The van der Waals surface area contributed by atoms with Gasteiger partial charge in [0.15, 0.2) is 0 Å². The Kier molecular flexibility index (Phi) is 5.79. The zero-order valence-electron chi connectivity index (χ0n) is 16.1. The number of fused-ring (bicyclic) bond motifs is 1. The molecule has 2 aliphatic carbocycles. The topological polar surface area (TPSA) is 71.1 Å². The Labute approximate surface area is 180 Å². The smallest absolute Gasteiger partial charge is 0.271 e. The first-order valence-corrected chi connectivity index (χ1v) is 10.7. The second kappa shape index (κ2) is 8.33. The molecular formula is C22H23Cl2N3O2. The molecule has 152 valence electrons. The first-order valence-electron chi connectivity index (χ1n) is 9.95. The van der Waals surface area contributed by atoms with Gasteiger partial charge in [0.2, 0.25) is 0 Å². The summed E-state index contributed by atoms with van der Waals surface area (Å²) in [4.78, 5) is 29.0. The average molecular weight is 432 g/mol. The Morgan fingerprint density at radius 2 is 1.79 bits per heavy atom. The highest BCUT2D eigenvalue weighted by atomic mass is 35.5. The maximum absolute atomic E-state index is 12.5. The zero-order chi connectivity index (χ0) is 20.5. The van der Waals surface area contributed by atoms with Gasteiger partial charge in [-0.2, -0.15) is 0 Å². The van der Waals surface area contributed by atoms with Gasteiger partial charge in [-0.3, -0.25) is 9.59 Å². The highest BCUT2D eigenvalue weighted by Crippen LogP contribution is 2.59. The molecule has 7 heteroatoms. The highest BCUT2D eigenvalue weighted by molar-refractivity contribution is 6.33. The quantitative estimate of drug-likeness (QED) is 0.713. The lowest BCUT2D eigenvalue weighted by atomic mass is 9.99. The number of carbonyl (C=O) groups excluding carboxylic acids is 2. The molecule has 29 heavy (non-hydrogen) atoms. The zero-order valence-corrected chi connectivity index (χ0v) is 17.6. The van der Waals surface area contributed by atoms with Gasteiger partial charge < -0.3 is 10.6 Å². The van der Waals surface area contributed by atoms with E-state index in [1.807, 2.05) is 0 Å². The van der Waals surface area contributed by atoms with Crippen LogP contribution in [-0.2, 0) is 0 Å². The number of aromatic nitrogens is 1. The number of halogens is 2. The van der Waals surface area contributed by atoms with Crippen LogP contribution in [0.1, 0.15) is 47.0 Å². The molecule has 1 aromatic carbocycles. The Morgan fingerprint density at radius 3 is 2.41 bits per heavy atom. The third kappa shape index (κ3) is 4.26. The molecular weight excluding hydrogens is 409 g/mol. The van der Waals surface area contributed by atoms with Crippen LogP contribution in [0.5, 0.6) is 0 Å². The van der Waals surface area contributed by atoms with Crippen molar-refractivity contribution in [1.29, 1.82) is 0 Å². The van der Waals surface area contributed by atoms with Crippen LogP contribution >= 0.6 is 23.2 Å². The largest absolute Gasteiger partial charge is 0.349 e. The van der Waals surface area contributed by atoms with Crippen LogP contribution in [0.25, 0.3) is 0 Å². The number of hydrogen-bond acceptors (Lipinski definition) is 3. The van der Waals surface area contributed by atoms with E-state index in [0.717, 1.165) is 19.3 Å². The van der Waals surface area contributed by atoms with E-state index in [1.165, 1.54) is 0 Å². The van der Waals surface area contributed by atoms with Gasteiger partial charge in [-0.1, -0.05) is 30.1 Å². The Balaban J connectivity index is 1.31. The highest BCUT2D eigenvalue weighted by Gasteiger charge is 2.58. The third-order valence-electron chi connectivity index (χ3n) is 6.15. The summed E-state index contributed by atoms with van der Waals surface area (Å²) in [5.41, 5.74) is 0.893. The Hall–Kier alpha value is -2.11. The summed E-state index contributed by atoms with van der Waals surface area (Å²) in [6.07, 6.45) is 4.31. The lowest BCUT2D eigenvalue weighted by molar-refractivity contribution is 0.0926. The number of rotatable bonds is 6. The maximum atomic E-state index is 12.5. The molecule has 2 aliphatic rings. The van der Waals surface area contributed by atoms with E-state index >= 15 is 0 Å². The van der Waals surface area contributed by atoms with Gasteiger partial charge in [-0.05, 0) is 73.4 Å². The van der Waals surface area contributed by atoms with Gasteiger partial charge in [0.1, 0.15) is 5.69 Å². The van der Waals surface area contributed by atoms with Crippen molar-refractivity contribution in [3.05, 3.63) is 63.9 Å². The fourth-order valence-corrected chi connectivity index (χ4v) is 5.07. The minimum absolute atomic E-state index is 0.0619. The van der Waals surface area contributed by atoms with Gasteiger partial charge in [0.05, 0.1) is 5.02 Å². The summed E-state index contributed by atoms with van der Waals surface area (Å²) >= 11 is 12.0. The normalized spacial score (nSPS) is 25.8. The maximum Gasteiger partial charge on any atom is 0.271 e. The van der Waals surface area contributed by atoms with Crippen LogP contribution in [0.15, 0.2) is 42.6 Å². The fourth-order valence-electron chi connectivity index (χ4n) is 4.74. The molecule has 0 spiro atoms. The van der Waals surface area contributed by atoms with Gasteiger partial charge in [0.25, 0.3) is 11.8 Å². The molecule has 0 saturated heterocycles. The summed E-state index contributed by atoms with van der Waals surface area (Å²) in [5, 5.41) is 7.22. The summed E-state index contributed by atoms with van der Waals surface area (Å²) in [6.45, 7) is 2.10. The molecule has 5 atom stereocenters. The molecule has 0 bridgehead atoms. The molecule has 0 radical (unpaired) electrons. The van der Waals surface area contributed by atoms with Crippen LogP contribution in [0.4, 0.5) is 0 Å². The molecule has 4 rings (SSSR count). The van der Waals surface area contributed by atoms with E-state index in [0.29, 0.717) is 33.4 Å².